The van der Waals surface area contributed by atoms with Gasteiger partial charge in [0.1, 0.15) is 5.76 Å². The van der Waals surface area contributed by atoms with Crippen LogP contribution in [0.1, 0.15) is 51.0 Å². The van der Waals surface area contributed by atoms with Crippen molar-refractivity contribution in [1.82, 2.24) is 5.32 Å². The van der Waals surface area contributed by atoms with Crippen LogP contribution in [0.4, 0.5) is 0 Å². The fourth-order valence-electron chi connectivity index (χ4n) is 2.29. The standard InChI is InChI=1S/C14H22N2O2/c1-14(2,3)12(15)13(17)16-10-5-4-6-11-9(10)7-8-18-11/h7-8,10,12H,4-6,15H2,1-3H3,(H,16,17)/t10?,12-/m1/s1. The Morgan fingerprint density at radius 3 is 2.94 bits per heavy atom. The van der Waals surface area contributed by atoms with Gasteiger partial charge in [-0.15, -0.1) is 0 Å². The van der Waals surface area contributed by atoms with Crippen LogP contribution in [0.15, 0.2) is 16.7 Å². The molecule has 4 heteroatoms. The fourth-order valence-corrected chi connectivity index (χ4v) is 2.29. The smallest absolute Gasteiger partial charge is 0.237 e. The molecule has 0 saturated carbocycles. The lowest BCUT2D eigenvalue weighted by atomic mass is 9.86. The highest BCUT2D eigenvalue weighted by atomic mass is 16.3. The maximum atomic E-state index is 12.1. The van der Waals surface area contributed by atoms with Crippen molar-refractivity contribution in [3.63, 3.8) is 0 Å². The van der Waals surface area contributed by atoms with Crippen LogP contribution < -0.4 is 11.1 Å². The number of furan rings is 1. The number of amides is 1. The van der Waals surface area contributed by atoms with E-state index >= 15 is 0 Å². The number of hydrogen-bond acceptors (Lipinski definition) is 3. The van der Waals surface area contributed by atoms with Gasteiger partial charge in [-0.2, -0.15) is 0 Å². The Bertz CT molecular complexity index is 431. The van der Waals surface area contributed by atoms with Gasteiger partial charge in [-0.25, -0.2) is 0 Å². The normalized spacial score (nSPS) is 21.2. The average molecular weight is 250 g/mol. The van der Waals surface area contributed by atoms with Gasteiger partial charge < -0.3 is 15.5 Å². The Kier molecular flexibility index (Phi) is 3.48. The molecule has 1 aliphatic carbocycles. The summed E-state index contributed by atoms with van der Waals surface area (Å²) in [5.41, 5.74) is 6.85. The first kappa shape index (κ1) is 13.1. The van der Waals surface area contributed by atoms with Gasteiger partial charge in [-0.05, 0) is 24.3 Å². The molecule has 0 fully saturated rings. The molecular formula is C14H22N2O2. The molecule has 3 N–H and O–H groups in total. The third kappa shape index (κ3) is 2.58. The second-order valence-corrected chi connectivity index (χ2v) is 6.10. The minimum absolute atomic E-state index is 0.0494. The molecule has 0 bridgehead atoms. The molecule has 1 aromatic heterocycles. The maximum absolute atomic E-state index is 12.1. The van der Waals surface area contributed by atoms with E-state index in [4.69, 9.17) is 10.2 Å². The van der Waals surface area contributed by atoms with E-state index in [0.29, 0.717) is 0 Å². The number of rotatable bonds is 2. The Balaban J connectivity index is 2.06. The van der Waals surface area contributed by atoms with Crippen molar-refractivity contribution >= 4 is 5.91 Å². The van der Waals surface area contributed by atoms with E-state index in [2.05, 4.69) is 5.32 Å². The van der Waals surface area contributed by atoms with Crippen LogP contribution in [-0.4, -0.2) is 11.9 Å². The summed E-state index contributed by atoms with van der Waals surface area (Å²) in [6, 6.07) is 1.50. The number of hydrogen-bond donors (Lipinski definition) is 2. The number of nitrogens with one attached hydrogen (secondary N) is 1. The molecule has 1 unspecified atom stereocenters. The van der Waals surface area contributed by atoms with E-state index in [0.717, 1.165) is 30.6 Å². The largest absolute Gasteiger partial charge is 0.469 e. The van der Waals surface area contributed by atoms with Crippen LogP contribution in [-0.2, 0) is 11.2 Å². The summed E-state index contributed by atoms with van der Waals surface area (Å²) in [6.45, 7) is 5.92. The van der Waals surface area contributed by atoms with Crippen molar-refractivity contribution in [2.45, 2.75) is 52.1 Å². The van der Waals surface area contributed by atoms with Crippen LogP contribution in [0.5, 0.6) is 0 Å². The number of carbonyl (C=O) groups is 1. The summed E-state index contributed by atoms with van der Waals surface area (Å²) in [7, 11) is 0. The molecule has 0 aliphatic heterocycles. The zero-order valence-corrected chi connectivity index (χ0v) is 11.3. The second-order valence-electron chi connectivity index (χ2n) is 6.10. The van der Waals surface area contributed by atoms with Crippen LogP contribution in [0, 0.1) is 5.41 Å². The molecule has 100 valence electrons. The van der Waals surface area contributed by atoms with Crippen molar-refractivity contribution in [2.24, 2.45) is 11.1 Å². The summed E-state index contributed by atoms with van der Waals surface area (Å²) in [5.74, 6) is 0.914. The molecule has 0 radical (unpaired) electrons. The molecule has 2 atom stereocenters. The minimum atomic E-state index is -0.491. The first-order valence-electron chi connectivity index (χ1n) is 6.52. The van der Waals surface area contributed by atoms with Crippen LogP contribution in [0.3, 0.4) is 0 Å². The Hall–Kier alpha value is -1.29. The minimum Gasteiger partial charge on any atom is -0.469 e. The van der Waals surface area contributed by atoms with Crippen molar-refractivity contribution < 1.29 is 9.21 Å². The third-order valence-electron chi connectivity index (χ3n) is 3.58. The molecule has 0 spiro atoms. The number of fused-ring (bicyclic) bond motifs is 1. The molecule has 1 heterocycles. The summed E-state index contributed by atoms with van der Waals surface area (Å²) in [4.78, 5) is 12.1. The van der Waals surface area contributed by atoms with Gasteiger partial charge in [-0.1, -0.05) is 20.8 Å². The molecule has 0 saturated heterocycles. The van der Waals surface area contributed by atoms with Crippen LogP contribution in [0.2, 0.25) is 0 Å². The maximum Gasteiger partial charge on any atom is 0.237 e. The Labute approximate surface area is 108 Å². The van der Waals surface area contributed by atoms with Gasteiger partial charge in [-0.3, -0.25) is 4.79 Å². The van der Waals surface area contributed by atoms with Crippen molar-refractivity contribution in [2.75, 3.05) is 0 Å². The average Bonchev–Trinajstić information content (AvgIpc) is 2.75. The van der Waals surface area contributed by atoms with Crippen LogP contribution in [0.25, 0.3) is 0 Å². The quantitative estimate of drug-likeness (QED) is 0.845. The predicted molar refractivity (Wildman–Crippen MR) is 70.0 cm³/mol. The van der Waals surface area contributed by atoms with Gasteiger partial charge in [0.2, 0.25) is 5.91 Å². The number of nitrogens with two attached hydrogens (primary N) is 1. The molecule has 1 amide bonds. The second kappa shape index (κ2) is 4.76. The van der Waals surface area contributed by atoms with E-state index in [9.17, 15) is 4.79 Å². The predicted octanol–water partition coefficient (Wildman–Crippen LogP) is 2.15. The third-order valence-corrected chi connectivity index (χ3v) is 3.58. The summed E-state index contributed by atoms with van der Waals surface area (Å²) < 4.78 is 5.41. The highest BCUT2D eigenvalue weighted by Gasteiger charge is 2.31. The summed E-state index contributed by atoms with van der Waals surface area (Å²) in [6.07, 6.45) is 4.64. The molecule has 18 heavy (non-hydrogen) atoms. The van der Waals surface area contributed by atoms with E-state index in [1.807, 2.05) is 26.8 Å². The highest BCUT2D eigenvalue weighted by Crippen LogP contribution is 2.30. The molecule has 0 aromatic carbocycles. The van der Waals surface area contributed by atoms with Crippen molar-refractivity contribution in [3.05, 3.63) is 23.7 Å². The van der Waals surface area contributed by atoms with E-state index < -0.39 is 6.04 Å². The topological polar surface area (TPSA) is 68.3 Å². The molecule has 1 aromatic rings. The number of aryl methyl sites for hydroxylation is 1. The summed E-state index contributed by atoms with van der Waals surface area (Å²) in [5, 5.41) is 3.04. The highest BCUT2D eigenvalue weighted by molar-refractivity contribution is 5.82. The van der Waals surface area contributed by atoms with Gasteiger partial charge in [0, 0.05) is 12.0 Å². The number of carbonyl (C=O) groups excluding carboxylic acids is 1. The Morgan fingerprint density at radius 1 is 1.56 bits per heavy atom. The summed E-state index contributed by atoms with van der Waals surface area (Å²) >= 11 is 0. The first-order valence-corrected chi connectivity index (χ1v) is 6.52. The molecule has 1 aliphatic rings. The lowest BCUT2D eigenvalue weighted by Crippen LogP contribution is -2.49. The zero-order chi connectivity index (χ0) is 13.3. The van der Waals surface area contributed by atoms with Gasteiger partial charge >= 0.3 is 0 Å². The lowest BCUT2D eigenvalue weighted by molar-refractivity contribution is -0.125. The lowest BCUT2D eigenvalue weighted by Gasteiger charge is -2.29. The molecule has 2 rings (SSSR count). The van der Waals surface area contributed by atoms with E-state index in [-0.39, 0.29) is 17.4 Å². The monoisotopic (exact) mass is 250 g/mol. The SMILES string of the molecule is CC(C)(C)[C@H](N)C(=O)NC1CCCc2occc21. The fraction of sp³-hybridized carbons (Fsp3) is 0.643. The Morgan fingerprint density at radius 2 is 2.28 bits per heavy atom. The molecule has 4 nitrogen and oxygen atoms in total. The van der Waals surface area contributed by atoms with Gasteiger partial charge in [0.05, 0.1) is 18.3 Å². The van der Waals surface area contributed by atoms with E-state index in [1.165, 1.54) is 0 Å². The van der Waals surface area contributed by atoms with Gasteiger partial charge in [0.15, 0.2) is 0 Å². The first-order chi connectivity index (χ1) is 8.39. The van der Waals surface area contributed by atoms with Crippen LogP contribution >= 0.6 is 0 Å². The van der Waals surface area contributed by atoms with Crippen molar-refractivity contribution in [3.8, 4) is 0 Å². The zero-order valence-electron chi connectivity index (χ0n) is 11.3. The van der Waals surface area contributed by atoms with Crippen molar-refractivity contribution in [1.29, 1.82) is 0 Å². The van der Waals surface area contributed by atoms with E-state index in [1.54, 1.807) is 6.26 Å². The van der Waals surface area contributed by atoms with Gasteiger partial charge in [0.25, 0.3) is 0 Å². The molecular weight excluding hydrogens is 228 g/mol.